The van der Waals surface area contributed by atoms with Crippen molar-refractivity contribution in [3.05, 3.63) is 11.8 Å². The topological polar surface area (TPSA) is 29.9 Å². The fourth-order valence-corrected chi connectivity index (χ4v) is 2.04. The number of rotatable bonds is 9. The van der Waals surface area contributed by atoms with Gasteiger partial charge < -0.3 is 5.32 Å². The maximum atomic E-state index is 12.9. The highest BCUT2D eigenvalue weighted by atomic mass is 19.4. The summed E-state index contributed by atoms with van der Waals surface area (Å²) in [4.78, 5) is 0. The minimum atomic E-state index is -4.35. The molecular formula is C14H24F3N3. The number of anilines is 1. The zero-order valence-electron chi connectivity index (χ0n) is 12.3. The van der Waals surface area contributed by atoms with E-state index in [1.807, 2.05) is 0 Å². The minimum absolute atomic E-state index is 0.115. The Balaban J connectivity index is 2.75. The Labute approximate surface area is 118 Å². The highest BCUT2D eigenvalue weighted by molar-refractivity contribution is 5.45. The SMILES string of the molecule is CCCCCNc1c(C(F)(F)F)cnn1CCCCC. The van der Waals surface area contributed by atoms with E-state index < -0.39 is 11.7 Å². The molecule has 0 aliphatic carbocycles. The van der Waals surface area contributed by atoms with Gasteiger partial charge in [-0.25, -0.2) is 4.68 Å². The molecule has 1 rings (SSSR count). The molecule has 0 unspecified atom stereocenters. The quantitative estimate of drug-likeness (QED) is 0.669. The van der Waals surface area contributed by atoms with Crippen LogP contribution in [0.1, 0.15) is 57.9 Å². The Morgan fingerprint density at radius 3 is 2.35 bits per heavy atom. The van der Waals surface area contributed by atoms with Crippen molar-refractivity contribution < 1.29 is 13.2 Å². The number of aryl methyl sites for hydroxylation is 1. The van der Waals surface area contributed by atoms with Crippen molar-refractivity contribution in [3.8, 4) is 0 Å². The van der Waals surface area contributed by atoms with Gasteiger partial charge in [-0.05, 0) is 12.8 Å². The molecule has 0 spiro atoms. The first kappa shape index (κ1) is 16.9. The van der Waals surface area contributed by atoms with Crippen LogP contribution in [-0.4, -0.2) is 16.3 Å². The van der Waals surface area contributed by atoms with E-state index in [9.17, 15) is 13.2 Å². The Morgan fingerprint density at radius 1 is 1.10 bits per heavy atom. The predicted molar refractivity (Wildman–Crippen MR) is 74.8 cm³/mol. The molecule has 1 aromatic heterocycles. The summed E-state index contributed by atoms with van der Waals surface area (Å²) in [5.74, 6) is 0.115. The van der Waals surface area contributed by atoms with Crippen molar-refractivity contribution >= 4 is 5.82 Å². The first-order valence-electron chi connectivity index (χ1n) is 7.37. The molecule has 116 valence electrons. The van der Waals surface area contributed by atoms with Gasteiger partial charge in [0.1, 0.15) is 11.4 Å². The molecule has 1 N–H and O–H groups in total. The Morgan fingerprint density at radius 2 is 1.75 bits per heavy atom. The molecule has 0 aromatic carbocycles. The van der Waals surface area contributed by atoms with E-state index in [-0.39, 0.29) is 5.82 Å². The summed E-state index contributed by atoms with van der Waals surface area (Å²) in [5, 5.41) is 6.80. The highest BCUT2D eigenvalue weighted by Crippen LogP contribution is 2.34. The van der Waals surface area contributed by atoms with Crippen LogP contribution in [0.3, 0.4) is 0 Å². The molecule has 0 saturated heterocycles. The Kier molecular flexibility index (Phi) is 6.88. The van der Waals surface area contributed by atoms with E-state index in [0.29, 0.717) is 13.1 Å². The standard InChI is InChI=1S/C14H24F3N3/c1-3-5-7-9-18-13-12(14(15,16)17)11-19-20(13)10-8-6-4-2/h11,18H,3-10H2,1-2H3. The third-order valence-electron chi connectivity index (χ3n) is 3.19. The molecule has 0 radical (unpaired) electrons. The molecule has 6 heteroatoms. The largest absolute Gasteiger partial charge is 0.421 e. The van der Waals surface area contributed by atoms with Gasteiger partial charge in [-0.15, -0.1) is 0 Å². The van der Waals surface area contributed by atoms with Gasteiger partial charge in [0.15, 0.2) is 0 Å². The highest BCUT2D eigenvalue weighted by Gasteiger charge is 2.36. The molecule has 1 aromatic rings. The average molecular weight is 291 g/mol. The summed E-state index contributed by atoms with van der Waals surface area (Å²) < 4.78 is 40.2. The van der Waals surface area contributed by atoms with Crippen LogP contribution >= 0.6 is 0 Å². The van der Waals surface area contributed by atoms with Crippen LogP contribution in [0, 0.1) is 0 Å². The fraction of sp³-hybridized carbons (Fsp3) is 0.786. The van der Waals surface area contributed by atoms with Crippen molar-refractivity contribution in [2.75, 3.05) is 11.9 Å². The van der Waals surface area contributed by atoms with Gasteiger partial charge in [-0.2, -0.15) is 18.3 Å². The predicted octanol–water partition coefficient (Wildman–Crippen LogP) is 4.69. The van der Waals surface area contributed by atoms with E-state index in [1.54, 1.807) is 0 Å². The molecule has 0 fully saturated rings. The summed E-state index contributed by atoms with van der Waals surface area (Å²) in [6, 6.07) is 0. The molecule has 1 heterocycles. The molecule has 0 saturated carbocycles. The van der Waals surface area contributed by atoms with Gasteiger partial charge in [-0.3, -0.25) is 0 Å². The van der Waals surface area contributed by atoms with Crippen molar-refractivity contribution in [1.82, 2.24) is 9.78 Å². The lowest BCUT2D eigenvalue weighted by Gasteiger charge is -2.13. The third kappa shape index (κ3) is 5.06. The summed E-state index contributed by atoms with van der Waals surface area (Å²) >= 11 is 0. The second-order valence-electron chi connectivity index (χ2n) is 4.97. The van der Waals surface area contributed by atoms with Crippen LogP contribution in [0.2, 0.25) is 0 Å². The Bertz CT molecular complexity index is 386. The maximum absolute atomic E-state index is 12.9. The van der Waals surface area contributed by atoms with Crippen molar-refractivity contribution in [2.45, 2.75) is 65.1 Å². The number of nitrogens with zero attached hydrogens (tertiary/aromatic N) is 2. The molecule has 0 aliphatic heterocycles. The number of aromatic nitrogens is 2. The zero-order chi connectivity index (χ0) is 15.0. The monoisotopic (exact) mass is 291 g/mol. The first-order valence-corrected chi connectivity index (χ1v) is 7.37. The van der Waals surface area contributed by atoms with Crippen LogP contribution in [0.4, 0.5) is 19.0 Å². The van der Waals surface area contributed by atoms with Crippen LogP contribution in [-0.2, 0) is 12.7 Å². The first-order chi connectivity index (χ1) is 9.50. The Hall–Kier alpha value is -1.20. The lowest BCUT2D eigenvalue weighted by Crippen LogP contribution is -2.14. The molecule has 0 aliphatic rings. The summed E-state index contributed by atoms with van der Waals surface area (Å²) in [5.41, 5.74) is -0.662. The van der Waals surface area contributed by atoms with Gasteiger partial charge in [0.05, 0.1) is 6.20 Å². The van der Waals surface area contributed by atoms with Crippen LogP contribution < -0.4 is 5.32 Å². The van der Waals surface area contributed by atoms with E-state index in [4.69, 9.17) is 0 Å². The number of unbranched alkanes of at least 4 members (excludes halogenated alkanes) is 4. The van der Waals surface area contributed by atoms with Gasteiger partial charge in [0.25, 0.3) is 0 Å². The number of nitrogens with one attached hydrogen (secondary N) is 1. The molecule has 0 bridgehead atoms. The van der Waals surface area contributed by atoms with Crippen LogP contribution in [0.25, 0.3) is 0 Å². The second kappa shape index (κ2) is 8.17. The number of alkyl halides is 3. The van der Waals surface area contributed by atoms with Crippen LogP contribution in [0.5, 0.6) is 0 Å². The average Bonchev–Trinajstić information content (AvgIpc) is 2.78. The van der Waals surface area contributed by atoms with E-state index in [2.05, 4.69) is 24.3 Å². The van der Waals surface area contributed by atoms with E-state index in [1.165, 1.54) is 4.68 Å². The van der Waals surface area contributed by atoms with Gasteiger partial charge in [-0.1, -0.05) is 39.5 Å². The maximum Gasteiger partial charge on any atom is 0.421 e. The lowest BCUT2D eigenvalue weighted by atomic mass is 10.2. The molecule has 3 nitrogen and oxygen atoms in total. The van der Waals surface area contributed by atoms with E-state index in [0.717, 1.165) is 44.7 Å². The van der Waals surface area contributed by atoms with Crippen LogP contribution in [0.15, 0.2) is 6.20 Å². The number of halogens is 3. The van der Waals surface area contributed by atoms with E-state index >= 15 is 0 Å². The minimum Gasteiger partial charge on any atom is -0.370 e. The fourth-order valence-electron chi connectivity index (χ4n) is 2.04. The van der Waals surface area contributed by atoms with Gasteiger partial charge >= 0.3 is 6.18 Å². The summed E-state index contributed by atoms with van der Waals surface area (Å²) in [7, 11) is 0. The number of hydrogen-bond donors (Lipinski definition) is 1. The van der Waals surface area contributed by atoms with Crippen molar-refractivity contribution in [2.24, 2.45) is 0 Å². The second-order valence-corrected chi connectivity index (χ2v) is 4.97. The molecule has 0 atom stereocenters. The molecule has 20 heavy (non-hydrogen) atoms. The normalized spacial score (nSPS) is 11.8. The summed E-state index contributed by atoms with van der Waals surface area (Å²) in [6.07, 6.45) is 2.38. The smallest absolute Gasteiger partial charge is 0.370 e. The third-order valence-corrected chi connectivity index (χ3v) is 3.19. The number of hydrogen-bond acceptors (Lipinski definition) is 2. The zero-order valence-corrected chi connectivity index (χ0v) is 12.3. The molecular weight excluding hydrogens is 267 g/mol. The van der Waals surface area contributed by atoms with Gasteiger partial charge in [0.2, 0.25) is 0 Å². The molecule has 0 amide bonds. The lowest BCUT2D eigenvalue weighted by molar-refractivity contribution is -0.137. The summed E-state index contributed by atoms with van der Waals surface area (Å²) in [6.45, 7) is 5.21. The van der Waals surface area contributed by atoms with Crippen molar-refractivity contribution in [1.29, 1.82) is 0 Å². The van der Waals surface area contributed by atoms with Crippen molar-refractivity contribution in [3.63, 3.8) is 0 Å². The van der Waals surface area contributed by atoms with Gasteiger partial charge in [0, 0.05) is 13.1 Å².